The molecule has 0 amide bonds. The quantitative estimate of drug-likeness (QED) is 0.440. The number of hydrogen-bond acceptors (Lipinski definition) is 6. The molecule has 5 aromatic rings. The Hall–Kier alpha value is -4.26. The van der Waals surface area contributed by atoms with E-state index in [4.69, 9.17) is 9.26 Å². The Bertz CT molecular complexity index is 1490. The molecule has 0 saturated carbocycles. The molecule has 31 heavy (non-hydrogen) atoms. The summed E-state index contributed by atoms with van der Waals surface area (Å²) in [6.45, 7) is 1.73. The van der Waals surface area contributed by atoms with E-state index >= 15 is 0 Å². The number of ether oxygens (including phenoxy) is 1. The number of fused-ring (bicyclic) bond motifs is 2. The maximum atomic E-state index is 12.7. The van der Waals surface area contributed by atoms with Crippen LogP contribution < -0.4 is 5.56 Å². The van der Waals surface area contributed by atoms with E-state index in [9.17, 15) is 9.59 Å². The molecule has 0 aliphatic carbocycles. The predicted molar refractivity (Wildman–Crippen MR) is 116 cm³/mol. The van der Waals surface area contributed by atoms with Gasteiger partial charge in [-0.1, -0.05) is 47.6 Å². The van der Waals surface area contributed by atoms with Gasteiger partial charge in [0.25, 0.3) is 5.56 Å². The molecule has 0 spiro atoms. The first-order valence-corrected chi connectivity index (χ1v) is 9.70. The summed E-state index contributed by atoms with van der Waals surface area (Å²) in [6, 6.07) is 20.0. The number of hydrogen-bond donors (Lipinski definition) is 1. The first kappa shape index (κ1) is 18.7. The second-order valence-electron chi connectivity index (χ2n) is 7.17. The summed E-state index contributed by atoms with van der Waals surface area (Å²) in [5, 5.41) is 5.28. The van der Waals surface area contributed by atoms with E-state index in [-0.39, 0.29) is 18.0 Å². The van der Waals surface area contributed by atoms with Crippen molar-refractivity contribution in [2.24, 2.45) is 0 Å². The fraction of sp³-hybridized carbons (Fsp3) is 0.0833. The van der Waals surface area contributed by atoms with Crippen molar-refractivity contribution in [1.29, 1.82) is 0 Å². The summed E-state index contributed by atoms with van der Waals surface area (Å²) in [6.07, 6.45) is 0. The summed E-state index contributed by atoms with van der Waals surface area (Å²) in [5.41, 5.74) is 3.07. The number of nitrogens with zero attached hydrogens (tertiary/aromatic N) is 2. The van der Waals surface area contributed by atoms with Crippen molar-refractivity contribution in [3.8, 4) is 11.3 Å². The van der Waals surface area contributed by atoms with Crippen LogP contribution in [0, 0.1) is 6.92 Å². The lowest BCUT2D eigenvalue weighted by Gasteiger charge is -2.07. The third kappa shape index (κ3) is 3.46. The summed E-state index contributed by atoms with van der Waals surface area (Å²) in [5.74, 6) is 0.340. The monoisotopic (exact) mass is 411 g/mol. The number of carbonyl (C=O) groups excluding carboxylic acids is 1. The van der Waals surface area contributed by atoms with Crippen molar-refractivity contribution in [3.05, 3.63) is 94.0 Å². The zero-order chi connectivity index (χ0) is 21.4. The van der Waals surface area contributed by atoms with Crippen LogP contribution in [0.1, 0.15) is 21.7 Å². The van der Waals surface area contributed by atoms with Gasteiger partial charge in [0.15, 0.2) is 5.76 Å². The topological polar surface area (TPSA) is 98.1 Å². The maximum Gasteiger partial charge on any atom is 0.338 e. The molecule has 2 aromatic heterocycles. The van der Waals surface area contributed by atoms with E-state index in [1.165, 1.54) is 0 Å². The van der Waals surface area contributed by atoms with Gasteiger partial charge in [-0.2, -0.15) is 0 Å². The maximum absolute atomic E-state index is 12.7. The van der Waals surface area contributed by atoms with Crippen molar-refractivity contribution in [3.63, 3.8) is 0 Å². The summed E-state index contributed by atoms with van der Waals surface area (Å²) >= 11 is 0. The number of benzene rings is 3. The lowest BCUT2D eigenvalue weighted by Crippen LogP contribution is -2.15. The van der Waals surface area contributed by atoms with E-state index in [1.54, 1.807) is 30.3 Å². The van der Waals surface area contributed by atoms with Crippen molar-refractivity contribution in [2.75, 3.05) is 0 Å². The highest BCUT2D eigenvalue weighted by Gasteiger charge is 2.15. The fourth-order valence-electron chi connectivity index (χ4n) is 3.50. The molecule has 2 heterocycles. The Labute approximate surface area is 176 Å². The number of carbonyl (C=O) groups is 1. The van der Waals surface area contributed by atoms with Crippen LogP contribution in [-0.4, -0.2) is 21.1 Å². The van der Waals surface area contributed by atoms with Crippen LogP contribution >= 0.6 is 0 Å². The van der Waals surface area contributed by atoms with Gasteiger partial charge in [-0.05, 0) is 36.8 Å². The van der Waals surface area contributed by atoms with E-state index < -0.39 is 5.97 Å². The number of esters is 1. The number of aromatic amines is 1. The zero-order valence-electron chi connectivity index (χ0n) is 16.6. The van der Waals surface area contributed by atoms with Crippen molar-refractivity contribution >= 4 is 27.8 Å². The van der Waals surface area contributed by atoms with Gasteiger partial charge in [-0.25, -0.2) is 9.78 Å². The number of aromatic nitrogens is 3. The Balaban J connectivity index is 1.41. The number of nitrogens with one attached hydrogen (secondary N) is 1. The summed E-state index contributed by atoms with van der Waals surface area (Å²) in [7, 11) is 0. The SMILES string of the molecule is Cc1cccc2c(=O)[nH]c(COC(=O)c3ccc4noc(-c5ccccc5)c4c3)nc12. The molecule has 0 fully saturated rings. The Morgan fingerprint density at radius 1 is 1.03 bits per heavy atom. The Morgan fingerprint density at radius 2 is 1.87 bits per heavy atom. The van der Waals surface area contributed by atoms with Gasteiger partial charge >= 0.3 is 5.97 Å². The molecular weight excluding hydrogens is 394 g/mol. The normalized spacial score (nSPS) is 11.1. The van der Waals surface area contributed by atoms with Gasteiger partial charge in [0.1, 0.15) is 17.9 Å². The zero-order valence-corrected chi connectivity index (χ0v) is 16.6. The smallest absolute Gasteiger partial charge is 0.338 e. The first-order chi connectivity index (χ1) is 15.1. The molecule has 0 aliphatic heterocycles. The molecule has 7 nitrogen and oxygen atoms in total. The van der Waals surface area contributed by atoms with Gasteiger partial charge in [-0.15, -0.1) is 0 Å². The van der Waals surface area contributed by atoms with Crippen molar-refractivity contribution in [1.82, 2.24) is 15.1 Å². The lowest BCUT2D eigenvalue weighted by atomic mass is 10.1. The molecule has 0 saturated heterocycles. The average Bonchev–Trinajstić information content (AvgIpc) is 3.22. The summed E-state index contributed by atoms with van der Waals surface area (Å²) < 4.78 is 10.9. The average molecular weight is 411 g/mol. The second-order valence-corrected chi connectivity index (χ2v) is 7.17. The van der Waals surface area contributed by atoms with Crippen LogP contribution in [-0.2, 0) is 11.3 Å². The highest BCUT2D eigenvalue weighted by Crippen LogP contribution is 2.29. The van der Waals surface area contributed by atoms with Crippen LogP contribution in [0.25, 0.3) is 33.1 Å². The molecule has 0 atom stereocenters. The summed E-state index contributed by atoms with van der Waals surface area (Å²) in [4.78, 5) is 32.1. The minimum atomic E-state index is -0.533. The molecule has 152 valence electrons. The highest BCUT2D eigenvalue weighted by molar-refractivity contribution is 5.98. The molecule has 1 N–H and O–H groups in total. The Morgan fingerprint density at radius 3 is 2.71 bits per heavy atom. The van der Waals surface area contributed by atoms with Crippen molar-refractivity contribution in [2.45, 2.75) is 13.5 Å². The van der Waals surface area contributed by atoms with Crippen LogP contribution in [0.2, 0.25) is 0 Å². The number of para-hydroxylation sites is 1. The van der Waals surface area contributed by atoms with E-state index in [0.717, 1.165) is 11.1 Å². The molecule has 3 aromatic carbocycles. The van der Waals surface area contributed by atoms with Gasteiger partial charge in [0, 0.05) is 5.56 Å². The van der Waals surface area contributed by atoms with Gasteiger partial charge in [0.2, 0.25) is 0 Å². The molecular formula is C24H17N3O4. The van der Waals surface area contributed by atoms with Gasteiger partial charge in [-0.3, -0.25) is 4.79 Å². The number of rotatable bonds is 4. The lowest BCUT2D eigenvalue weighted by molar-refractivity contribution is 0.0462. The third-order valence-corrected chi connectivity index (χ3v) is 5.08. The molecule has 0 bridgehead atoms. The van der Waals surface area contributed by atoms with E-state index in [0.29, 0.717) is 33.1 Å². The van der Waals surface area contributed by atoms with E-state index in [2.05, 4.69) is 15.1 Å². The van der Waals surface area contributed by atoms with Gasteiger partial charge < -0.3 is 14.2 Å². The first-order valence-electron chi connectivity index (χ1n) is 9.70. The van der Waals surface area contributed by atoms with Crippen LogP contribution in [0.15, 0.2) is 76.0 Å². The number of H-pyrrole nitrogens is 1. The highest BCUT2D eigenvalue weighted by atomic mass is 16.5. The molecule has 0 radical (unpaired) electrons. The van der Waals surface area contributed by atoms with Crippen LogP contribution in [0.3, 0.4) is 0 Å². The third-order valence-electron chi connectivity index (χ3n) is 5.08. The second kappa shape index (κ2) is 7.53. The molecule has 0 unspecified atom stereocenters. The van der Waals surface area contributed by atoms with Crippen LogP contribution in [0.5, 0.6) is 0 Å². The van der Waals surface area contributed by atoms with Crippen molar-refractivity contribution < 1.29 is 14.1 Å². The molecule has 7 heteroatoms. The minimum Gasteiger partial charge on any atom is -0.454 e. The largest absolute Gasteiger partial charge is 0.454 e. The standard InChI is InChI=1S/C24H17N3O4/c1-14-6-5-9-17-21(14)25-20(26-23(17)28)13-30-24(29)16-10-11-19-18(12-16)22(31-27-19)15-7-3-2-4-8-15/h2-12H,13H2,1H3,(H,25,26,28). The van der Waals surface area contributed by atoms with Crippen LogP contribution in [0.4, 0.5) is 0 Å². The predicted octanol–water partition coefficient (Wildman–Crippen LogP) is 4.40. The van der Waals surface area contributed by atoms with E-state index in [1.807, 2.05) is 43.3 Å². The number of aryl methyl sites for hydroxylation is 1. The van der Waals surface area contributed by atoms with Gasteiger partial charge in [0.05, 0.1) is 21.9 Å². The Kier molecular flexibility index (Phi) is 4.55. The fourth-order valence-corrected chi connectivity index (χ4v) is 3.50. The minimum absolute atomic E-state index is 0.147. The molecule has 5 rings (SSSR count). The molecule has 0 aliphatic rings.